The quantitative estimate of drug-likeness (QED) is 0.600. The Kier molecular flexibility index (Phi) is 7.86. The number of aliphatic imine (C=N–C) groups is 1. The van der Waals surface area contributed by atoms with Gasteiger partial charge in [0, 0.05) is 47.0 Å². The van der Waals surface area contributed by atoms with Crippen LogP contribution in [0, 0.1) is 0 Å². The van der Waals surface area contributed by atoms with Crippen LogP contribution in [0.25, 0.3) is 0 Å². The molecular weight excluding hydrogens is 382 g/mol. The standard InChI is InChI=1S/C23H29N3O2S/c1-16(2)28-14-6-12-25-23(27)17-9-10-22-20(15-17)26-19(11-13-24-3)18-7-4-5-8-21(18)29-22/h4-5,7-10,15-16,24H,6,11-14H2,1-3H3,(H,25,27). The molecule has 0 bridgehead atoms. The predicted molar refractivity (Wildman–Crippen MR) is 120 cm³/mol. The molecule has 0 spiro atoms. The normalized spacial score (nSPS) is 12.8. The third-order valence-electron chi connectivity index (χ3n) is 4.56. The number of rotatable bonds is 9. The smallest absolute Gasteiger partial charge is 0.251 e. The van der Waals surface area contributed by atoms with E-state index in [-0.39, 0.29) is 12.0 Å². The predicted octanol–water partition coefficient (Wildman–Crippen LogP) is 4.43. The van der Waals surface area contributed by atoms with Crippen molar-refractivity contribution in [3.63, 3.8) is 0 Å². The van der Waals surface area contributed by atoms with E-state index in [1.165, 1.54) is 10.5 Å². The van der Waals surface area contributed by atoms with Gasteiger partial charge in [0.05, 0.1) is 17.5 Å². The van der Waals surface area contributed by atoms with E-state index in [0.717, 1.165) is 35.7 Å². The van der Waals surface area contributed by atoms with Crippen LogP contribution in [-0.4, -0.2) is 44.5 Å². The molecule has 1 aliphatic rings. The number of carbonyl (C=O) groups excluding carboxylic acids is 1. The molecule has 0 radical (unpaired) electrons. The number of nitrogens with one attached hydrogen (secondary N) is 2. The molecule has 1 amide bonds. The first-order valence-electron chi connectivity index (χ1n) is 10.1. The Morgan fingerprint density at radius 1 is 1.14 bits per heavy atom. The van der Waals surface area contributed by atoms with Crippen molar-refractivity contribution in [1.29, 1.82) is 0 Å². The number of hydrogen-bond donors (Lipinski definition) is 2. The second-order valence-electron chi connectivity index (χ2n) is 7.22. The third kappa shape index (κ3) is 5.92. The molecule has 6 heteroatoms. The van der Waals surface area contributed by atoms with Gasteiger partial charge >= 0.3 is 0 Å². The van der Waals surface area contributed by atoms with Gasteiger partial charge in [0.15, 0.2) is 0 Å². The zero-order chi connectivity index (χ0) is 20.6. The van der Waals surface area contributed by atoms with Crippen LogP contribution in [0.5, 0.6) is 0 Å². The molecule has 29 heavy (non-hydrogen) atoms. The highest BCUT2D eigenvalue weighted by atomic mass is 32.2. The van der Waals surface area contributed by atoms with Crippen LogP contribution in [0.2, 0.25) is 0 Å². The fourth-order valence-electron chi connectivity index (χ4n) is 3.08. The fraction of sp³-hybridized carbons (Fsp3) is 0.391. The summed E-state index contributed by atoms with van der Waals surface area (Å²) in [5.74, 6) is -0.0731. The average molecular weight is 412 g/mol. The summed E-state index contributed by atoms with van der Waals surface area (Å²) >= 11 is 1.70. The van der Waals surface area contributed by atoms with Gasteiger partial charge in [-0.05, 0) is 51.6 Å². The van der Waals surface area contributed by atoms with Crippen LogP contribution in [0.3, 0.4) is 0 Å². The van der Waals surface area contributed by atoms with Gasteiger partial charge in [-0.1, -0.05) is 30.0 Å². The molecule has 0 aromatic heterocycles. The van der Waals surface area contributed by atoms with Crippen molar-refractivity contribution in [2.24, 2.45) is 4.99 Å². The third-order valence-corrected chi connectivity index (χ3v) is 5.71. The monoisotopic (exact) mass is 411 g/mol. The molecule has 2 aromatic rings. The van der Waals surface area contributed by atoms with Gasteiger partial charge in [0.25, 0.3) is 5.91 Å². The van der Waals surface area contributed by atoms with Crippen molar-refractivity contribution in [3.8, 4) is 0 Å². The van der Waals surface area contributed by atoms with E-state index in [1.54, 1.807) is 11.8 Å². The van der Waals surface area contributed by atoms with Crippen LogP contribution >= 0.6 is 11.8 Å². The number of ether oxygens (including phenoxy) is 1. The summed E-state index contributed by atoms with van der Waals surface area (Å²) in [6, 6.07) is 14.1. The van der Waals surface area contributed by atoms with Crippen molar-refractivity contribution >= 4 is 29.1 Å². The average Bonchev–Trinajstić information content (AvgIpc) is 2.87. The lowest BCUT2D eigenvalue weighted by atomic mass is 10.1. The number of carbonyl (C=O) groups is 1. The molecule has 3 rings (SSSR count). The van der Waals surface area contributed by atoms with Crippen LogP contribution in [0.15, 0.2) is 57.2 Å². The first-order chi connectivity index (χ1) is 14.1. The van der Waals surface area contributed by atoms with Gasteiger partial charge in [-0.2, -0.15) is 0 Å². The Balaban J connectivity index is 1.76. The fourth-order valence-corrected chi connectivity index (χ4v) is 4.10. The Morgan fingerprint density at radius 3 is 2.76 bits per heavy atom. The van der Waals surface area contributed by atoms with Crippen molar-refractivity contribution in [2.75, 3.05) is 26.7 Å². The first kappa shape index (κ1) is 21.6. The van der Waals surface area contributed by atoms with E-state index >= 15 is 0 Å². The van der Waals surface area contributed by atoms with E-state index in [9.17, 15) is 4.79 Å². The summed E-state index contributed by atoms with van der Waals surface area (Å²) in [5, 5.41) is 6.17. The van der Waals surface area contributed by atoms with Crippen LogP contribution < -0.4 is 10.6 Å². The lowest BCUT2D eigenvalue weighted by molar-refractivity contribution is 0.0757. The lowest BCUT2D eigenvalue weighted by Gasteiger charge is -2.09. The van der Waals surface area contributed by atoms with Crippen LogP contribution in [-0.2, 0) is 4.74 Å². The molecule has 0 unspecified atom stereocenters. The Morgan fingerprint density at radius 2 is 1.97 bits per heavy atom. The number of benzene rings is 2. The highest BCUT2D eigenvalue weighted by Crippen LogP contribution is 2.41. The first-order valence-corrected chi connectivity index (χ1v) is 10.9. The minimum Gasteiger partial charge on any atom is -0.379 e. The van der Waals surface area contributed by atoms with E-state index in [2.05, 4.69) is 28.8 Å². The van der Waals surface area contributed by atoms with Crippen molar-refractivity contribution in [1.82, 2.24) is 10.6 Å². The van der Waals surface area contributed by atoms with Gasteiger partial charge in [-0.3, -0.25) is 9.79 Å². The molecule has 0 fully saturated rings. The van der Waals surface area contributed by atoms with E-state index in [0.29, 0.717) is 18.7 Å². The highest BCUT2D eigenvalue weighted by Gasteiger charge is 2.18. The van der Waals surface area contributed by atoms with Gasteiger partial charge in [0.2, 0.25) is 0 Å². The topological polar surface area (TPSA) is 62.7 Å². The number of amides is 1. The summed E-state index contributed by atoms with van der Waals surface area (Å²) in [6.07, 6.45) is 1.85. The molecule has 5 nitrogen and oxygen atoms in total. The molecule has 1 aliphatic heterocycles. The molecule has 1 heterocycles. The molecule has 0 aliphatic carbocycles. The van der Waals surface area contributed by atoms with Gasteiger partial charge < -0.3 is 15.4 Å². The molecular formula is C23H29N3O2S. The van der Waals surface area contributed by atoms with Crippen molar-refractivity contribution < 1.29 is 9.53 Å². The van der Waals surface area contributed by atoms with Gasteiger partial charge in [-0.25, -0.2) is 0 Å². The van der Waals surface area contributed by atoms with Crippen LogP contribution in [0.4, 0.5) is 5.69 Å². The molecule has 2 aromatic carbocycles. The van der Waals surface area contributed by atoms with Crippen LogP contribution in [0.1, 0.15) is 42.6 Å². The van der Waals surface area contributed by atoms with Crippen molar-refractivity contribution in [2.45, 2.75) is 42.6 Å². The Labute approximate surface area is 177 Å². The minimum absolute atomic E-state index is 0.0731. The Hall–Kier alpha value is -2.15. The van der Waals surface area contributed by atoms with E-state index < -0.39 is 0 Å². The largest absolute Gasteiger partial charge is 0.379 e. The molecule has 0 saturated carbocycles. The number of nitrogens with zero attached hydrogens (tertiary/aromatic N) is 1. The minimum atomic E-state index is -0.0731. The highest BCUT2D eigenvalue weighted by molar-refractivity contribution is 7.99. The summed E-state index contributed by atoms with van der Waals surface area (Å²) in [5.41, 5.74) is 3.70. The number of fused-ring (bicyclic) bond motifs is 2. The zero-order valence-electron chi connectivity index (χ0n) is 17.3. The van der Waals surface area contributed by atoms with Gasteiger partial charge in [0.1, 0.15) is 0 Å². The second kappa shape index (κ2) is 10.6. The van der Waals surface area contributed by atoms with Crippen molar-refractivity contribution in [3.05, 3.63) is 53.6 Å². The summed E-state index contributed by atoms with van der Waals surface area (Å²) in [4.78, 5) is 19.8. The summed E-state index contributed by atoms with van der Waals surface area (Å²) < 4.78 is 5.52. The summed E-state index contributed by atoms with van der Waals surface area (Å²) in [7, 11) is 1.94. The second-order valence-corrected chi connectivity index (χ2v) is 8.31. The Bertz CT molecular complexity index is 880. The van der Waals surface area contributed by atoms with Gasteiger partial charge in [-0.15, -0.1) is 0 Å². The van der Waals surface area contributed by atoms with E-state index in [4.69, 9.17) is 9.73 Å². The maximum atomic E-state index is 12.6. The maximum absolute atomic E-state index is 12.6. The molecule has 0 atom stereocenters. The molecule has 2 N–H and O–H groups in total. The molecule has 0 saturated heterocycles. The van der Waals surface area contributed by atoms with E-state index in [1.807, 2.05) is 45.2 Å². The SMILES string of the molecule is CNCCC1=Nc2cc(C(=O)NCCCOC(C)C)ccc2Sc2ccccc21. The summed E-state index contributed by atoms with van der Waals surface area (Å²) in [6.45, 7) is 6.12. The maximum Gasteiger partial charge on any atom is 0.251 e. The molecule has 154 valence electrons. The lowest BCUT2D eigenvalue weighted by Crippen LogP contribution is -2.25. The zero-order valence-corrected chi connectivity index (χ0v) is 18.1. The number of hydrogen-bond acceptors (Lipinski definition) is 5.